The second-order valence-electron chi connectivity index (χ2n) is 3.19. The lowest BCUT2D eigenvalue weighted by molar-refractivity contribution is -0.138. The minimum atomic E-state index is -1.08. The first-order chi connectivity index (χ1) is 6.91. The number of hydrogen-bond donors (Lipinski definition) is 2. The molecule has 0 radical (unpaired) electrons. The van der Waals surface area contributed by atoms with E-state index in [0.717, 1.165) is 0 Å². The Balaban J connectivity index is 2.77. The molecule has 0 saturated heterocycles. The summed E-state index contributed by atoms with van der Waals surface area (Å²) in [7, 11) is 1.66. The molecule has 0 fully saturated rings. The van der Waals surface area contributed by atoms with Gasteiger partial charge in [-0.05, 0) is 13.0 Å². The zero-order chi connectivity index (χ0) is 11.6. The molecule has 1 aromatic rings. The van der Waals surface area contributed by atoms with Gasteiger partial charge >= 0.3 is 5.97 Å². The van der Waals surface area contributed by atoms with Gasteiger partial charge < -0.3 is 15.0 Å². The summed E-state index contributed by atoms with van der Waals surface area (Å²) in [6, 6.07) is 0.553. The first-order valence-corrected chi connectivity index (χ1v) is 4.65. The number of carbonyl (C=O) groups is 2. The maximum Gasteiger partial charge on any atom is 0.325 e. The molecule has 1 heterocycles. The number of aromatic nitrogens is 1. The molecule has 1 aromatic heterocycles. The molecule has 0 spiro atoms. The van der Waals surface area contributed by atoms with Crippen molar-refractivity contribution in [2.75, 3.05) is 0 Å². The highest BCUT2D eigenvalue weighted by atomic mass is 35.5. The van der Waals surface area contributed by atoms with Crippen molar-refractivity contribution >= 4 is 23.5 Å². The SMILES string of the molecule is C[C@@H](NC(=O)c1cc(Cl)cn1C)C(=O)O. The highest BCUT2D eigenvalue weighted by Crippen LogP contribution is 2.12. The molecule has 82 valence electrons. The summed E-state index contributed by atoms with van der Waals surface area (Å²) in [5.74, 6) is -1.54. The number of amides is 1. The van der Waals surface area contributed by atoms with E-state index in [1.54, 1.807) is 13.2 Å². The monoisotopic (exact) mass is 230 g/mol. The third kappa shape index (κ3) is 2.73. The van der Waals surface area contributed by atoms with Crippen LogP contribution in [0.25, 0.3) is 0 Å². The average Bonchev–Trinajstić information content (AvgIpc) is 2.44. The van der Waals surface area contributed by atoms with Gasteiger partial charge in [-0.25, -0.2) is 0 Å². The molecular formula is C9H11ClN2O3. The van der Waals surface area contributed by atoms with E-state index in [9.17, 15) is 9.59 Å². The van der Waals surface area contributed by atoms with Crippen molar-refractivity contribution in [3.63, 3.8) is 0 Å². The third-order valence-corrected chi connectivity index (χ3v) is 2.13. The first-order valence-electron chi connectivity index (χ1n) is 4.27. The largest absolute Gasteiger partial charge is 0.480 e. The molecule has 1 atom stereocenters. The summed E-state index contributed by atoms with van der Waals surface area (Å²) < 4.78 is 1.53. The van der Waals surface area contributed by atoms with Crippen LogP contribution in [0.1, 0.15) is 17.4 Å². The second-order valence-corrected chi connectivity index (χ2v) is 3.62. The molecule has 6 heteroatoms. The topological polar surface area (TPSA) is 71.3 Å². The highest BCUT2D eigenvalue weighted by Gasteiger charge is 2.17. The van der Waals surface area contributed by atoms with Gasteiger partial charge in [-0.3, -0.25) is 9.59 Å². The van der Waals surface area contributed by atoms with Crippen LogP contribution in [0.15, 0.2) is 12.3 Å². The number of carboxylic acid groups (broad SMARTS) is 1. The van der Waals surface area contributed by atoms with Gasteiger partial charge in [-0.1, -0.05) is 11.6 Å². The maximum absolute atomic E-state index is 11.5. The quantitative estimate of drug-likeness (QED) is 0.810. The lowest BCUT2D eigenvalue weighted by atomic mass is 10.3. The molecule has 0 saturated carbocycles. The van der Waals surface area contributed by atoms with Crippen molar-refractivity contribution in [3.05, 3.63) is 23.0 Å². The predicted octanol–water partition coefficient (Wildman–Crippen LogP) is 0.881. The van der Waals surface area contributed by atoms with E-state index in [1.165, 1.54) is 17.6 Å². The Bertz CT molecular complexity index is 400. The summed E-state index contributed by atoms with van der Waals surface area (Å²) in [5.41, 5.74) is 0.327. The van der Waals surface area contributed by atoms with Crippen LogP contribution in [0.3, 0.4) is 0 Å². The summed E-state index contributed by atoms with van der Waals surface area (Å²) in [6.45, 7) is 1.39. The number of hydrogen-bond acceptors (Lipinski definition) is 2. The minimum absolute atomic E-state index is 0.327. The van der Waals surface area contributed by atoms with Gasteiger partial charge in [0.05, 0.1) is 5.02 Å². The van der Waals surface area contributed by atoms with Gasteiger partial charge in [-0.2, -0.15) is 0 Å². The Morgan fingerprint density at radius 1 is 1.60 bits per heavy atom. The zero-order valence-corrected chi connectivity index (χ0v) is 9.08. The van der Waals surface area contributed by atoms with Gasteiger partial charge in [0.2, 0.25) is 0 Å². The molecule has 0 aromatic carbocycles. The highest BCUT2D eigenvalue weighted by molar-refractivity contribution is 6.31. The van der Waals surface area contributed by atoms with Crippen molar-refractivity contribution in [1.82, 2.24) is 9.88 Å². The number of aliphatic carboxylic acids is 1. The summed E-state index contributed by atoms with van der Waals surface area (Å²) in [5, 5.41) is 11.4. The lowest BCUT2D eigenvalue weighted by Gasteiger charge is -2.09. The van der Waals surface area contributed by atoms with E-state index in [-0.39, 0.29) is 0 Å². The van der Waals surface area contributed by atoms with Crippen LogP contribution in [0.2, 0.25) is 5.02 Å². The van der Waals surface area contributed by atoms with Crippen molar-refractivity contribution in [3.8, 4) is 0 Å². The fourth-order valence-corrected chi connectivity index (χ4v) is 1.33. The lowest BCUT2D eigenvalue weighted by Crippen LogP contribution is -2.38. The molecule has 0 aliphatic rings. The normalized spacial score (nSPS) is 12.2. The number of nitrogens with one attached hydrogen (secondary N) is 1. The van der Waals surface area contributed by atoms with Gasteiger partial charge in [-0.15, -0.1) is 0 Å². The fourth-order valence-electron chi connectivity index (χ4n) is 1.08. The number of halogens is 1. The smallest absolute Gasteiger partial charge is 0.325 e. The van der Waals surface area contributed by atoms with E-state index in [2.05, 4.69) is 5.32 Å². The van der Waals surface area contributed by atoms with Crippen molar-refractivity contribution in [2.24, 2.45) is 7.05 Å². The molecule has 1 rings (SSSR count). The molecular weight excluding hydrogens is 220 g/mol. The standard InChI is InChI=1S/C9H11ClN2O3/c1-5(9(14)15)11-8(13)7-3-6(10)4-12(7)2/h3-5H,1-2H3,(H,11,13)(H,14,15)/t5-/m1/s1. The van der Waals surface area contributed by atoms with Crippen molar-refractivity contribution in [2.45, 2.75) is 13.0 Å². The summed E-state index contributed by atoms with van der Waals surface area (Å²) in [4.78, 5) is 22.0. The molecule has 1 amide bonds. The Hall–Kier alpha value is -1.49. The summed E-state index contributed by atoms with van der Waals surface area (Å²) in [6.07, 6.45) is 1.57. The zero-order valence-electron chi connectivity index (χ0n) is 8.32. The molecule has 2 N–H and O–H groups in total. The Morgan fingerprint density at radius 3 is 2.60 bits per heavy atom. The molecule has 5 nitrogen and oxygen atoms in total. The van der Waals surface area contributed by atoms with Crippen molar-refractivity contribution in [1.29, 1.82) is 0 Å². The second kappa shape index (κ2) is 4.35. The van der Waals surface area contributed by atoms with Gasteiger partial charge in [0.1, 0.15) is 11.7 Å². The fraction of sp³-hybridized carbons (Fsp3) is 0.333. The van der Waals surface area contributed by atoms with E-state index in [0.29, 0.717) is 10.7 Å². The van der Waals surface area contributed by atoms with Crippen LogP contribution in [0, 0.1) is 0 Å². The summed E-state index contributed by atoms with van der Waals surface area (Å²) >= 11 is 5.69. The first kappa shape index (κ1) is 11.6. The van der Waals surface area contributed by atoms with Gasteiger partial charge in [0.15, 0.2) is 0 Å². The number of carboxylic acids is 1. The minimum Gasteiger partial charge on any atom is -0.480 e. The van der Waals surface area contributed by atoms with Crippen LogP contribution in [-0.4, -0.2) is 27.6 Å². The number of rotatable bonds is 3. The molecule has 15 heavy (non-hydrogen) atoms. The van der Waals surface area contributed by atoms with Gasteiger partial charge in [0, 0.05) is 13.2 Å². The molecule has 0 aliphatic heterocycles. The Morgan fingerprint density at radius 2 is 2.20 bits per heavy atom. The number of aryl methyl sites for hydroxylation is 1. The molecule has 0 aliphatic carbocycles. The van der Waals surface area contributed by atoms with E-state index >= 15 is 0 Å². The van der Waals surface area contributed by atoms with E-state index in [4.69, 9.17) is 16.7 Å². The van der Waals surface area contributed by atoms with Crippen LogP contribution >= 0.6 is 11.6 Å². The van der Waals surface area contributed by atoms with Crippen molar-refractivity contribution < 1.29 is 14.7 Å². The van der Waals surface area contributed by atoms with E-state index < -0.39 is 17.9 Å². The Kier molecular flexibility index (Phi) is 3.36. The Labute approximate surface area is 91.6 Å². The van der Waals surface area contributed by atoms with E-state index in [1.807, 2.05) is 0 Å². The van der Waals surface area contributed by atoms with Crippen LogP contribution in [0.4, 0.5) is 0 Å². The maximum atomic E-state index is 11.5. The van der Waals surface area contributed by atoms with Crippen LogP contribution in [0.5, 0.6) is 0 Å². The average molecular weight is 231 g/mol. The molecule has 0 bridgehead atoms. The molecule has 0 unspecified atom stereocenters. The number of nitrogens with zero attached hydrogens (tertiary/aromatic N) is 1. The van der Waals surface area contributed by atoms with Crippen LogP contribution < -0.4 is 5.32 Å². The van der Waals surface area contributed by atoms with Gasteiger partial charge in [0.25, 0.3) is 5.91 Å². The number of carbonyl (C=O) groups excluding carboxylic acids is 1. The van der Waals surface area contributed by atoms with Crippen LogP contribution in [-0.2, 0) is 11.8 Å². The predicted molar refractivity (Wildman–Crippen MR) is 55.0 cm³/mol. The third-order valence-electron chi connectivity index (χ3n) is 1.92.